The first-order valence-corrected chi connectivity index (χ1v) is 9.42. The van der Waals surface area contributed by atoms with Gasteiger partial charge in [-0.25, -0.2) is 0 Å². The second kappa shape index (κ2) is 6.54. The van der Waals surface area contributed by atoms with E-state index in [1.165, 1.54) is 6.20 Å². The Bertz CT molecular complexity index is 1050. The molecule has 9 nitrogen and oxygen atoms in total. The summed E-state index contributed by atoms with van der Waals surface area (Å²) in [4.78, 5) is 33.8. The smallest absolute Gasteiger partial charge is 0.292 e. The topological polar surface area (TPSA) is 106 Å². The van der Waals surface area contributed by atoms with Gasteiger partial charge >= 0.3 is 0 Å². The molecule has 0 unspecified atom stereocenters. The summed E-state index contributed by atoms with van der Waals surface area (Å²) >= 11 is 0. The van der Waals surface area contributed by atoms with Gasteiger partial charge in [-0.3, -0.25) is 9.59 Å². The van der Waals surface area contributed by atoms with Gasteiger partial charge in [0.15, 0.2) is 5.82 Å². The number of likely N-dealkylation sites (tertiary alicyclic amines) is 2. The molecular weight excluding hydrogens is 374 g/mol. The van der Waals surface area contributed by atoms with E-state index in [-0.39, 0.29) is 23.5 Å². The van der Waals surface area contributed by atoms with Crippen LogP contribution in [0.5, 0.6) is 0 Å². The van der Waals surface area contributed by atoms with Crippen molar-refractivity contribution < 1.29 is 18.6 Å². The zero-order valence-electron chi connectivity index (χ0n) is 15.8. The van der Waals surface area contributed by atoms with Crippen molar-refractivity contribution in [2.45, 2.75) is 12.3 Å². The number of nitrogens with zero attached hydrogens (tertiary/aromatic N) is 5. The minimum Gasteiger partial charge on any atom is -0.351 e. The van der Waals surface area contributed by atoms with E-state index in [0.29, 0.717) is 43.5 Å². The predicted molar refractivity (Wildman–Crippen MR) is 99.0 cm³/mol. The van der Waals surface area contributed by atoms with Gasteiger partial charge in [0.1, 0.15) is 0 Å². The molecule has 5 rings (SSSR count). The summed E-state index contributed by atoms with van der Waals surface area (Å²) in [5, 5.41) is 7.56. The molecule has 4 heterocycles. The molecule has 0 spiro atoms. The third-order valence-electron chi connectivity index (χ3n) is 5.81. The number of fused-ring (bicyclic) bond motifs is 1. The van der Waals surface area contributed by atoms with Gasteiger partial charge in [0.25, 0.3) is 11.8 Å². The van der Waals surface area contributed by atoms with Crippen molar-refractivity contribution in [2.24, 2.45) is 5.92 Å². The standard InChI is InChI=1S/C20H19N5O4/c1-13-22-19(29-23-13)20-11-24(17(26)14-5-3-2-4-6-14)9-15(20)10-25(12-20)18(27)16-7-8-21-28-16/h2-8,15H,9-12H2,1H3/t15-,20-/m1/s1. The number of aromatic nitrogens is 3. The van der Waals surface area contributed by atoms with Crippen molar-refractivity contribution in [3.63, 3.8) is 0 Å². The van der Waals surface area contributed by atoms with Gasteiger partial charge in [0.2, 0.25) is 11.7 Å². The predicted octanol–water partition coefficient (Wildman–Crippen LogP) is 1.53. The fraction of sp³-hybridized carbons (Fsp3) is 0.350. The van der Waals surface area contributed by atoms with Crippen LogP contribution in [0, 0.1) is 12.8 Å². The molecule has 2 atom stereocenters. The van der Waals surface area contributed by atoms with Crippen molar-refractivity contribution in [1.29, 1.82) is 0 Å². The number of hydrogen-bond acceptors (Lipinski definition) is 7. The largest absolute Gasteiger partial charge is 0.351 e. The lowest BCUT2D eigenvalue weighted by Gasteiger charge is -2.25. The van der Waals surface area contributed by atoms with Crippen LogP contribution in [0.4, 0.5) is 0 Å². The molecule has 0 N–H and O–H groups in total. The number of benzene rings is 1. The van der Waals surface area contributed by atoms with Gasteiger partial charge < -0.3 is 18.8 Å². The summed E-state index contributed by atoms with van der Waals surface area (Å²) in [6.45, 7) is 3.52. The molecule has 29 heavy (non-hydrogen) atoms. The minimum absolute atomic E-state index is 0.0121. The molecule has 0 saturated carbocycles. The first kappa shape index (κ1) is 17.6. The molecule has 148 valence electrons. The molecule has 2 aliphatic rings. The van der Waals surface area contributed by atoms with Crippen LogP contribution in [-0.4, -0.2) is 63.1 Å². The summed E-state index contributed by atoms with van der Waals surface area (Å²) in [7, 11) is 0. The van der Waals surface area contributed by atoms with Crippen molar-refractivity contribution in [3.05, 3.63) is 65.6 Å². The maximum atomic E-state index is 13.0. The molecule has 2 aliphatic heterocycles. The molecule has 0 aliphatic carbocycles. The summed E-state index contributed by atoms with van der Waals surface area (Å²) in [6, 6.07) is 10.7. The van der Waals surface area contributed by atoms with Gasteiger partial charge in [0, 0.05) is 43.7 Å². The number of carbonyl (C=O) groups excluding carboxylic acids is 2. The quantitative estimate of drug-likeness (QED) is 0.664. The molecule has 0 radical (unpaired) electrons. The summed E-state index contributed by atoms with van der Waals surface area (Å²) < 4.78 is 10.6. The lowest BCUT2D eigenvalue weighted by Crippen LogP contribution is -2.41. The maximum absolute atomic E-state index is 13.0. The van der Waals surface area contributed by atoms with Gasteiger partial charge in [-0.05, 0) is 19.1 Å². The number of amides is 2. The molecule has 0 bridgehead atoms. The van der Waals surface area contributed by atoms with Crippen LogP contribution in [0.3, 0.4) is 0 Å². The lowest BCUT2D eigenvalue weighted by molar-refractivity contribution is 0.0701. The third-order valence-corrected chi connectivity index (χ3v) is 5.81. The molecular formula is C20H19N5O4. The Morgan fingerprint density at radius 1 is 1.03 bits per heavy atom. The highest BCUT2D eigenvalue weighted by Crippen LogP contribution is 2.45. The van der Waals surface area contributed by atoms with Crippen molar-refractivity contribution in [2.75, 3.05) is 26.2 Å². The Morgan fingerprint density at radius 3 is 2.38 bits per heavy atom. The van der Waals surface area contributed by atoms with E-state index in [1.54, 1.807) is 30.0 Å². The Kier molecular flexibility index (Phi) is 3.97. The number of carbonyl (C=O) groups is 2. The Labute approximate surface area is 166 Å². The maximum Gasteiger partial charge on any atom is 0.292 e. The molecule has 3 aromatic rings. The zero-order valence-corrected chi connectivity index (χ0v) is 15.8. The van der Waals surface area contributed by atoms with Crippen molar-refractivity contribution >= 4 is 11.8 Å². The Hall–Kier alpha value is -3.49. The van der Waals surface area contributed by atoms with Gasteiger partial charge in [-0.1, -0.05) is 28.5 Å². The van der Waals surface area contributed by atoms with E-state index in [9.17, 15) is 9.59 Å². The second-order valence-electron chi connectivity index (χ2n) is 7.61. The van der Waals surface area contributed by atoms with E-state index < -0.39 is 5.41 Å². The first-order chi connectivity index (χ1) is 14.1. The molecule has 1 aromatic carbocycles. The fourth-order valence-electron chi connectivity index (χ4n) is 4.42. The summed E-state index contributed by atoms with van der Waals surface area (Å²) in [5.41, 5.74) is 0.0420. The van der Waals surface area contributed by atoms with Crippen molar-refractivity contribution in [3.8, 4) is 0 Å². The zero-order chi connectivity index (χ0) is 20.0. The van der Waals surface area contributed by atoms with E-state index in [4.69, 9.17) is 9.05 Å². The third kappa shape index (κ3) is 2.81. The van der Waals surface area contributed by atoms with Gasteiger partial charge in [-0.2, -0.15) is 4.98 Å². The average molecular weight is 393 g/mol. The molecule has 2 aromatic heterocycles. The lowest BCUT2D eigenvalue weighted by atomic mass is 9.81. The SMILES string of the molecule is Cc1noc([C@@]23CN(C(=O)c4ccccc4)C[C@@H]2CN(C(=O)c2ccno2)C3)n1. The van der Waals surface area contributed by atoms with Gasteiger partial charge in [0.05, 0.1) is 11.6 Å². The van der Waals surface area contributed by atoms with Gasteiger partial charge in [-0.15, -0.1) is 0 Å². The minimum atomic E-state index is -0.596. The second-order valence-corrected chi connectivity index (χ2v) is 7.61. The van der Waals surface area contributed by atoms with E-state index >= 15 is 0 Å². The summed E-state index contributed by atoms with van der Waals surface area (Å²) in [6.07, 6.45) is 1.45. The normalized spacial score (nSPS) is 23.4. The van der Waals surface area contributed by atoms with Crippen LogP contribution in [0.1, 0.15) is 32.6 Å². The number of aryl methyl sites for hydroxylation is 1. The van der Waals surface area contributed by atoms with E-state index in [0.717, 1.165) is 0 Å². The molecule has 2 fully saturated rings. The molecule has 2 amide bonds. The Balaban J connectivity index is 1.46. The van der Waals surface area contributed by atoms with Crippen LogP contribution in [0.15, 0.2) is 51.6 Å². The monoisotopic (exact) mass is 393 g/mol. The highest BCUT2D eigenvalue weighted by molar-refractivity contribution is 5.95. The molecule has 9 heteroatoms. The van der Waals surface area contributed by atoms with Crippen LogP contribution in [-0.2, 0) is 5.41 Å². The first-order valence-electron chi connectivity index (χ1n) is 9.42. The Morgan fingerprint density at radius 2 is 1.76 bits per heavy atom. The van der Waals surface area contributed by atoms with Crippen LogP contribution < -0.4 is 0 Å². The number of rotatable bonds is 3. The van der Waals surface area contributed by atoms with Crippen LogP contribution >= 0.6 is 0 Å². The van der Waals surface area contributed by atoms with Crippen molar-refractivity contribution in [1.82, 2.24) is 25.1 Å². The fourth-order valence-corrected chi connectivity index (χ4v) is 4.42. The van der Waals surface area contributed by atoms with E-state index in [2.05, 4.69) is 15.3 Å². The average Bonchev–Trinajstić information content (AvgIpc) is 3.50. The number of hydrogen-bond donors (Lipinski definition) is 0. The van der Waals surface area contributed by atoms with E-state index in [1.807, 2.05) is 23.1 Å². The summed E-state index contributed by atoms with van der Waals surface area (Å²) in [5.74, 6) is 0.912. The highest BCUT2D eigenvalue weighted by atomic mass is 16.5. The van der Waals surface area contributed by atoms with Crippen LogP contribution in [0.25, 0.3) is 0 Å². The van der Waals surface area contributed by atoms with Crippen LogP contribution in [0.2, 0.25) is 0 Å². The molecule has 2 saturated heterocycles. The highest BCUT2D eigenvalue weighted by Gasteiger charge is 2.59.